The van der Waals surface area contributed by atoms with E-state index >= 15 is 0 Å². The van der Waals surface area contributed by atoms with E-state index in [1.807, 2.05) is 6.07 Å². The maximum atomic E-state index is 12.6. The minimum atomic E-state index is -1.18. The predicted octanol–water partition coefficient (Wildman–Crippen LogP) is 2.30. The first kappa shape index (κ1) is 14.7. The van der Waals surface area contributed by atoms with Crippen molar-refractivity contribution in [3.05, 3.63) is 53.5 Å². The molecule has 1 atom stereocenters. The summed E-state index contributed by atoms with van der Waals surface area (Å²) in [5.74, 6) is 1.27. The second-order valence-electron chi connectivity index (χ2n) is 5.41. The number of carbonyl (C=O) groups is 1. The first-order chi connectivity index (χ1) is 10.7. The van der Waals surface area contributed by atoms with Crippen LogP contribution in [0.25, 0.3) is 0 Å². The Kier molecular flexibility index (Phi) is 4.15. The molecule has 22 heavy (non-hydrogen) atoms. The first-order valence-corrected chi connectivity index (χ1v) is 7.35. The van der Waals surface area contributed by atoms with Crippen molar-refractivity contribution in [3.63, 3.8) is 0 Å². The van der Waals surface area contributed by atoms with Gasteiger partial charge in [0.15, 0.2) is 6.10 Å². The lowest BCUT2D eigenvalue weighted by molar-refractivity contribution is -0.141. The minimum absolute atomic E-state index is 0.290. The summed E-state index contributed by atoms with van der Waals surface area (Å²) in [5.41, 5.74) is 1.56. The van der Waals surface area contributed by atoms with E-state index < -0.39 is 6.10 Å². The van der Waals surface area contributed by atoms with Crippen LogP contribution in [-0.2, 0) is 17.8 Å². The lowest BCUT2D eigenvalue weighted by atomic mass is 10.1. The number of aliphatic hydroxyl groups excluding tert-OH is 1. The van der Waals surface area contributed by atoms with Crippen LogP contribution in [0.2, 0.25) is 0 Å². The van der Waals surface area contributed by atoms with Crippen molar-refractivity contribution < 1.29 is 19.1 Å². The van der Waals surface area contributed by atoms with E-state index in [-0.39, 0.29) is 5.91 Å². The molecular formula is C17H19NO4. The van der Waals surface area contributed by atoms with Gasteiger partial charge in [0.25, 0.3) is 5.91 Å². The lowest BCUT2D eigenvalue weighted by Gasteiger charge is -2.23. The largest absolute Gasteiger partial charge is 0.497 e. The number of hydrogen-bond acceptors (Lipinski definition) is 4. The molecule has 0 fully saturated rings. The van der Waals surface area contributed by atoms with Crippen LogP contribution in [0.5, 0.6) is 5.75 Å². The predicted molar refractivity (Wildman–Crippen MR) is 80.4 cm³/mol. The number of hydrogen-bond donors (Lipinski definition) is 1. The number of nitrogens with zero attached hydrogens (tertiary/aromatic N) is 1. The van der Waals surface area contributed by atoms with Gasteiger partial charge in [-0.25, -0.2) is 0 Å². The number of ether oxygens (including phenoxy) is 1. The Morgan fingerprint density at radius 1 is 1.41 bits per heavy atom. The molecule has 0 saturated heterocycles. The maximum Gasteiger partial charge on any atom is 0.256 e. The van der Waals surface area contributed by atoms with Crippen molar-refractivity contribution >= 4 is 5.91 Å². The second-order valence-corrected chi connectivity index (χ2v) is 5.41. The third-order valence-corrected chi connectivity index (χ3v) is 3.99. The van der Waals surface area contributed by atoms with Gasteiger partial charge in [0.1, 0.15) is 11.5 Å². The normalized spacial score (nSPS) is 15.8. The topological polar surface area (TPSA) is 62.9 Å². The van der Waals surface area contributed by atoms with Crippen LogP contribution in [0.4, 0.5) is 0 Å². The molecule has 5 heteroatoms. The average molecular weight is 301 g/mol. The van der Waals surface area contributed by atoms with Crippen LogP contribution in [0, 0.1) is 0 Å². The number of furan rings is 1. The van der Waals surface area contributed by atoms with E-state index in [4.69, 9.17) is 9.15 Å². The molecule has 2 aromatic rings. The van der Waals surface area contributed by atoms with Gasteiger partial charge in [-0.05, 0) is 30.2 Å². The molecule has 0 saturated carbocycles. The van der Waals surface area contributed by atoms with Gasteiger partial charge in [0, 0.05) is 25.1 Å². The van der Waals surface area contributed by atoms with Gasteiger partial charge in [0.2, 0.25) is 0 Å². The number of amides is 1. The zero-order valence-electron chi connectivity index (χ0n) is 12.5. The van der Waals surface area contributed by atoms with Crippen molar-refractivity contribution in [2.75, 3.05) is 13.7 Å². The molecule has 1 aliphatic heterocycles. The smallest absolute Gasteiger partial charge is 0.256 e. The van der Waals surface area contributed by atoms with Crippen LogP contribution in [0.1, 0.15) is 29.4 Å². The van der Waals surface area contributed by atoms with E-state index in [1.165, 1.54) is 0 Å². The Morgan fingerprint density at radius 2 is 2.27 bits per heavy atom. The number of benzene rings is 1. The Hall–Kier alpha value is -2.27. The van der Waals surface area contributed by atoms with E-state index in [1.54, 1.807) is 42.5 Å². The Labute approximate surface area is 129 Å². The molecule has 1 amide bonds. The summed E-state index contributed by atoms with van der Waals surface area (Å²) >= 11 is 0. The van der Waals surface area contributed by atoms with Crippen molar-refractivity contribution in [1.82, 2.24) is 4.90 Å². The lowest BCUT2D eigenvalue weighted by Crippen LogP contribution is -2.34. The van der Waals surface area contributed by atoms with Crippen LogP contribution in [0.3, 0.4) is 0 Å². The highest BCUT2D eigenvalue weighted by Gasteiger charge is 2.27. The standard InChI is InChI=1S/C17H19NO4/c1-21-14-5-2-4-12(10-14)16(19)17(20)18-8-3-6-15-13(11-18)7-9-22-15/h2,4-5,7,9-10,16,19H,3,6,8,11H2,1H3. The molecule has 1 aromatic heterocycles. The Balaban J connectivity index is 1.78. The molecule has 3 rings (SSSR count). The summed E-state index contributed by atoms with van der Waals surface area (Å²) in [7, 11) is 1.56. The molecule has 1 unspecified atom stereocenters. The highest BCUT2D eigenvalue weighted by atomic mass is 16.5. The van der Waals surface area contributed by atoms with Gasteiger partial charge in [0.05, 0.1) is 13.4 Å². The first-order valence-electron chi connectivity index (χ1n) is 7.35. The minimum Gasteiger partial charge on any atom is -0.497 e. The third-order valence-electron chi connectivity index (χ3n) is 3.99. The molecule has 0 spiro atoms. The zero-order chi connectivity index (χ0) is 15.5. The molecule has 116 valence electrons. The van der Waals surface area contributed by atoms with Gasteiger partial charge in [-0.15, -0.1) is 0 Å². The summed E-state index contributed by atoms with van der Waals surface area (Å²) in [6.45, 7) is 1.09. The van der Waals surface area contributed by atoms with E-state index in [0.29, 0.717) is 24.4 Å². The van der Waals surface area contributed by atoms with Crippen LogP contribution < -0.4 is 4.74 Å². The van der Waals surface area contributed by atoms with Gasteiger partial charge in [-0.1, -0.05) is 12.1 Å². The zero-order valence-corrected chi connectivity index (χ0v) is 12.5. The molecule has 0 aliphatic carbocycles. The third kappa shape index (κ3) is 2.85. The van der Waals surface area contributed by atoms with E-state index in [0.717, 1.165) is 24.2 Å². The molecule has 0 radical (unpaired) electrons. The molecule has 5 nitrogen and oxygen atoms in total. The number of aryl methyl sites for hydroxylation is 1. The SMILES string of the molecule is COc1cccc(C(O)C(=O)N2CCCc3occc3C2)c1. The van der Waals surface area contributed by atoms with E-state index in [9.17, 15) is 9.90 Å². The molecule has 0 bridgehead atoms. The summed E-state index contributed by atoms with van der Waals surface area (Å²) in [6.07, 6.45) is 2.12. The highest BCUT2D eigenvalue weighted by molar-refractivity contribution is 5.82. The Bertz CT molecular complexity index is 664. The van der Waals surface area contributed by atoms with Crippen LogP contribution in [-0.4, -0.2) is 29.6 Å². The fourth-order valence-electron chi connectivity index (χ4n) is 2.76. The quantitative estimate of drug-likeness (QED) is 0.945. The fraction of sp³-hybridized carbons (Fsp3) is 0.353. The van der Waals surface area contributed by atoms with Crippen molar-refractivity contribution in [3.8, 4) is 5.75 Å². The van der Waals surface area contributed by atoms with Gasteiger partial charge >= 0.3 is 0 Å². The average Bonchev–Trinajstić information content (AvgIpc) is 2.90. The number of fused-ring (bicyclic) bond motifs is 1. The number of aliphatic hydroxyl groups is 1. The number of rotatable bonds is 3. The van der Waals surface area contributed by atoms with Gasteiger partial charge in [-0.2, -0.15) is 0 Å². The van der Waals surface area contributed by atoms with Crippen molar-refractivity contribution in [2.45, 2.75) is 25.5 Å². The second kappa shape index (κ2) is 6.23. The van der Waals surface area contributed by atoms with Crippen LogP contribution >= 0.6 is 0 Å². The maximum absolute atomic E-state index is 12.6. The summed E-state index contributed by atoms with van der Waals surface area (Å²) in [6, 6.07) is 8.85. The summed E-state index contributed by atoms with van der Waals surface area (Å²) in [4.78, 5) is 14.3. The molecular weight excluding hydrogens is 282 g/mol. The number of methoxy groups -OCH3 is 1. The molecule has 1 aromatic carbocycles. The van der Waals surface area contributed by atoms with Crippen LogP contribution in [0.15, 0.2) is 41.0 Å². The summed E-state index contributed by atoms with van der Waals surface area (Å²) < 4.78 is 10.6. The van der Waals surface area contributed by atoms with Gasteiger partial charge < -0.3 is 19.2 Å². The molecule has 1 N–H and O–H groups in total. The van der Waals surface area contributed by atoms with Gasteiger partial charge in [-0.3, -0.25) is 4.79 Å². The Morgan fingerprint density at radius 3 is 3.09 bits per heavy atom. The number of carbonyl (C=O) groups excluding carboxylic acids is 1. The summed E-state index contributed by atoms with van der Waals surface area (Å²) in [5, 5.41) is 10.4. The molecule has 1 aliphatic rings. The van der Waals surface area contributed by atoms with Crippen molar-refractivity contribution in [2.24, 2.45) is 0 Å². The molecule has 2 heterocycles. The highest BCUT2D eigenvalue weighted by Crippen LogP contribution is 2.24. The van der Waals surface area contributed by atoms with E-state index in [2.05, 4.69) is 0 Å². The monoisotopic (exact) mass is 301 g/mol. The van der Waals surface area contributed by atoms with Crippen molar-refractivity contribution in [1.29, 1.82) is 0 Å². The fourth-order valence-corrected chi connectivity index (χ4v) is 2.76.